The quantitative estimate of drug-likeness (QED) is 0.522. The molecule has 0 radical (unpaired) electrons. The predicted molar refractivity (Wildman–Crippen MR) is 74.5 cm³/mol. The van der Waals surface area contributed by atoms with Gasteiger partial charge in [-0.15, -0.1) is 0 Å². The summed E-state index contributed by atoms with van der Waals surface area (Å²) in [5.41, 5.74) is 1.15. The van der Waals surface area contributed by atoms with Gasteiger partial charge < -0.3 is 10.1 Å². The van der Waals surface area contributed by atoms with E-state index >= 15 is 0 Å². The molecule has 0 aliphatic heterocycles. The molecule has 0 aromatic carbocycles. The highest BCUT2D eigenvalue weighted by molar-refractivity contribution is 5.88. The van der Waals surface area contributed by atoms with Gasteiger partial charge in [0.2, 0.25) is 5.82 Å². The summed E-state index contributed by atoms with van der Waals surface area (Å²) in [7, 11) is 1.21. The Balaban J connectivity index is 2.43. The molecule has 2 heterocycles. The van der Waals surface area contributed by atoms with Gasteiger partial charge in [-0.3, -0.25) is 15.1 Å². The molecule has 108 valence electrons. The lowest BCUT2D eigenvalue weighted by molar-refractivity contribution is -0.384. The Morgan fingerprint density at radius 1 is 1.38 bits per heavy atom. The predicted octanol–water partition coefficient (Wildman–Crippen LogP) is 2.22. The molecule has 0 fully saturated rings. The highest BCUT2D eigenvalue weighted by atomic mass is 16.6. The summed E-state index contributed by atoms with van der Waals surface area (Å²) >= 11 is 0. The summed E-state index contributed by atoms with van der Waals surface area (Å²) < 4.78 is 4.55. The Hall–Kier alpha value is -3.03. The molecular weight excluding hydrogens is 276 g/mol. The van der Waals surface area contributed by atoms with Crippen molar-refractivity contribution in [2.24, 2.45) is 0 Å². The van der Waals surface area contributed by atoms with Crippen molar-refractivity contribution in [1.29, 1.82) is 0 Å². The summed E-state index contributed by atoms with van der Waals surface area (Å²) in [6.07, 6.45) is 3.15. The van der Waals surface area contributed by atoms with Crippen molar-refractivity contribution in [1.82, 2.24) is 9.97 Å². The molecule has 0 bridgehead atoms. The van der Waals surface area contributed by atoms with Crippen molar-refractivity contribution in [2.75, 3.05) is 12.4 Å². The molecule has 0 unspecified atom stereocenters. The van der Waals surface area contributed by atoms with E-state index in [0.29, 0.717) is 5.69 Å². The second kappa shape index (κ2) is 5.95. The first kappa shape index (κ1) is 14.4. The Labute approximate surface area is 120 Å². The van der Waals surface area contributed by atoms with Gasteiger partial charge in [0.1, 0.15) is 0 Å². The SMILES string of the molecule is COC(=O)c1ccc([N+](=O)[O-])c(Nc2cncc(C)c2)n1. The largest absolute Gasteiger partial charge is 0.464 e. The first-order valence-electron chi connectivity index (χ1n) is 5.93. The van der Waals surface area contributed by atoms with Crippen LogP contribution >= 0.6 is 0 Å². The lowest BCUT2D eigenvalue weighted by atomic mass is 10.2. The molecule has 0 amide bonds. The number of pyridine rings is 2. The molecule has 2 rings (SSSR count). The number of nitrogens with one attached hydrogen (secondary N) is 1. The number of rotatable bonds is 4. The zero-order chi connectivity index (χ0) is 15.4. The number of aromatic nitrogens is 2. The summed E-state index contributed by atoms with van der Waals surface area (Å²) in [6, 6.07) is 4.19. The van der Waals surface area contributed by atoms with Gasteiger partial charge in [0.15, 0.2) is 5.69 Å². The van der Waals surface area contributed by atoms with E-state index in [9.17, 15) is 14.9 Å². The molecule has 2 aromatic heterocycles. The van der Waals surface area contributed by atoms with Crippen LogP contribution < -0.4 is 5.32 Å². The van der Waals surface area contributed by atoms with E-state index in [4.69, 9.17) is 0 Å². The summed E-state index contributed by atoms with van der Waals surface area (Å²) in [6.45, 7) is 1.84. The lowest BCUT2D eigenvalue weighted by Crippen LogP contribution is -2.08. The molecule has 0 aliphatic carbocycles. The van der Waals surface area contributed by atoms with Crippen LogP contribution in [0.2, 0.25) is 0 Å². The molecule has 0 spiro atoms. The fourth-order valence-corrected chi connectivity index (χ4v) is 1.67. The van der Waals surface area contributed by atoms with Crippen LogP contribution in [0, 0.1) is 17.0 Å². The minimum Gasteiger partial charge on any atom is -0.464 e. The van der Waals surface area contributed by atoms with Crippen molar-refractivity contribution in [2.45, 2.75) is 6.92 Å². The standard InChI is InChI=1S/C13H12N4O4/c1-8-5-9(7-14-6-8)15-12-11(17(19)20)4-3-10(16-12)13(18)21-2/h3-7H,1-2H3,(H,15,16). The highest BCUT2D eigenvalue weighted by Crippen LogP contribution is 2.26. The van der Waals surface area contributed by atoms with Crippen LogP contribution in [0.15, 0.2) is 30.6 Å². The molecule has 0 saturated heterocycles. The average Bonchev–Trinajstić information content (AvgIpc) is 2.46. The first-order chi connectivity index (χ1) is 10.0. The van der Waals surface area contributed by atoms with Crippen LogP contribution in [0.25, 0.3) is 0 Å². The first-order valence-corrected chi connectivity index (χ1v) is 5.93. The number of carbonyl (C=O) groups excluding carboxylic acids is 1. The lowest BCUT2D eigenvalue weighted by Gasteiger charge is -2.07. The van der Waals surface area contributed by atoms with E-state index in [1.807, 2.05) is 6.92 Å². The number of carbonyl (C=O) groups is 1. The second-order valence-electron chi connectivity index (χ2n) is 4.19. The van der Waals surface area contributed by atoms with Crippen molar-refractivity contribution >= 4 is 23.2 Å². The molecule has 8 nitrogen and oxygen atoms in total. The number of aryl methyl sites for hydroxylation is 1. The number of anilines is 2. The van der Waals surface area contributed by atoms with Gasteiger partial charge in [-0.1, -0.05) is 0 Å². The molecule has 0 aliphatic rings. The molecule has 2 aromatic rings. The third-order valence-corrected chi connectivity index (χ3v) is 2.60. The zero-order valence-corrected chi connectivity index (χ0v) is 11.4. The van der Waals surface area contributed by atoms with E-state index < -0.39 is 10.9 Å². The fourth-order valence-electron chi connectivity index (χ4n) is 1.67. The van der Waals surface area contributed by atoms with Gasteiger partial charge in [0.25, 0.3) is 0 Å². The van der Waals surface area contributed by atoms with Crippen molar-refractivity contribution in [3.63, 3.8) is 0 Å². The van der Waals surface area contributed by atoms with Crippen LogP contribution in [-0.2, 0) is 4.74 Å². The Morgan fingerprint density at radius 2 is 2.14 bits per heavy atom. The maximum absolute atomic E-state index is 11.5. The van der Waals surface area contributed by atoms with E-state index in [1.165, 1.54) is 25.4 Å². The minimum atomic E-state index is -0.671. The monoisotopic (exact) mass is 288 g/mol. The number of hydrogen-bond donors (Lipinski definition) is 1. The molecule has 1 N–H and O–H groups in total. The van der Waals surface area contributed by atoms with Crippen LogP contribution in [0.3, 0.4) is 0 Å². The van der Waals surface area contributed by atoms with Gasteiger partial charge in [-0.25, -0.2) is 9.78 Å². The van der Waals surface area contributed by atoms with Crippen LogP contribution in [0.5, 0.6) is 0 Å². The third-order valence-electron chi connectivity index (χ3n) is 2.60. The molecule has 21 heavy (non-hydrogen) atoms. The summed E-state index contributed by atoms with van der Waals surface area (Å²) in [5.74, 6) is -0.717. The Morgan fingerprint density at radius 3 is 2.76 bits per heavy atom. The number of methoxy groups -OCH3 is 1. The molecule has 0 saturated carbocycles. The number of hydrogen-bond acceptors (Lipinski definition) is 7. The van der Waals surface area contributed by atoms with Gasteiger partial charge in [0, 0.05) is 12.3 Å². The van der Waals surface area contributed by atoms with Gasteiger partial charge in [-0.05, 0) is 24.6 Å². The number of ether oxygens (including phenoxy) is 1. The number of esters is 1. The van der Waals surface area contributed by atoms with E-state index in [2.05, 4.69) is 20.0 Å². The third kappa shape index (κ3) is 3.30. The van der Waals surface area contributed by atoms with Crippen molar-refractivity contribution in [3.05, 3.63) is 52.0 Å². The summed E-state index contributed by atoms with van der Waals surface area (Å²) in [5, 5.41) is 13.8. The Kier molecular flexibility index (Phi) is 4.07. The van der Waals surface area contributed by atoms with Crippen LogP contribution in [0.4, 0.5) is 17.2 Å². The molecule has 0 atom stereocenters. The number of nitrogens with zero attached hydrogens (tertiary/aromatic N) is 3. The molecule has 8 heteroatoms. The van der Waals surface area contributed by atoms with Crippen LogP contribution in [0.1, 0.15) is 16.1 Å². The Bertz CT molecular complexity index is 702. The minimum absolute atomic E-state index is 0.0220. The normalized spacial score (nSPS) is 10.0. The highest BCUT2D eigenvalue weighted by Gasteiger charge is 2.19. The summed E-state index contributed by atoms with van der Waals surface area (Å²) in [4.78, 5) is 29.8. The molecular formula is C13H12N4O4. The zero-order valence-electron chi connectivity index (χ0n) is 11.4. The average molecular weight is 288 g/mol. The smallest absolute Gasteiger partial charge is 0.356 e. The maximum Gasteiger partial charge on any atom is 0.356 e. The number of nitro groups is 1. The topological polar surface area (TPSA) is 107 Å². The fraction of sp³-hybridized carbons (Fsp3) is 0.154. The second-order valence-corrected chi connectivity index (χ2v) is 4.19. The van der Waals surface area contributed by atoms with E-state index in [-0.39, 0.29) is 17.2 Å². The van der Waals surface area contributed by atoms with Crippen molar-refractivity contribution in [3.8, 4) is 0 Å². The van der Waals surface area contributed by atoms with Gasteiger partial charge in [0.05, 0.1) is 23.9 Å². The van der Waals surface area contributed by atoms with Gasteiger partial charge in [-0.2, -0.15) is 0 Å². The maximum atomic E-state index is 11.5. The van der Waals surface area contributed by atoms with Gasteiger partial charge >= 0.3 is 11.7 Å². The van der Waals surface area contributed by atoms with Crippen molar-refractivity contribution < 1.29 is 14.5 Å². The van der Waals surface area contributed by atoms with Crippen LogP contribution in [-0.4, -0.2) is 28.0 Å². The van der Waals surface area contributed by atoms with E-state index in [0.717, 1.165) is 5.56 Å². The van der Waals surface area contributed by atoms with E-state index in [1.54, 1.807) is 12.3 Å².